The highest BCUT2D eigenvalue weighted by atomic mass is 19.4. The first kappa shape index (κ1) is 26.1. The van der Waals surface area contributed by atoms with Crippen LogP contribution in [-0.2, 0) is 14.3 Å². The highest BCUT2D eigenvalue weighted by molar-refractivity contribution is 5.78. The minimum Gasteiger partial charge on any atom is -0.481 e. The van der Waals surface area contributed by atoms with Crippen molar-refractivity contribution in [3.8, 4) is 29.9 Å². The molecule has 1 N–H and O–H groups in total. The molecule has 2 aliphatic carbocycles. The molecule has 0 aromatic heterocycles. The van der Waals surface area contributed by atoms with Gasteiger partial charge in [0, 0.05) is 18.4 Å². The third-order valence-electron chi connectivity index (χ3n) is 5.97. The second kappa shape index (κ2) is 11.1. The van der Waals surface area contributed by atoms with Crippen molar-refractivity contribution >= 4 is 11.9 Å². The Hall–Kier alpha value is -3.13. The number of ether oxygens (including phenoxy) is 2. The molecule has 2 fully saturated rings. The molecule has 3 rings (SSSR count). The Morgan fingerprint density at radius 3 is 2.00 bits per heavy atom. The third-order valence-corrected chi connectivity index (χ3v) is 5.97. The van der Waals surface area contributed by atoms with Gasteiger partial charge < -0.3 is 14.6 Å². The summed E-state index contributed by atoms with van der Waals surface area (Å²) in [5.74, 6) is 6.98. The van der Waals surface area contributed by atoms with Crippen molar-refractivity contribution in [2.24, 2.45) is 10.8 Å². The van der Waals surface area contributed by atoms with Crippen molar-refractivity contribution in [1.29, 1.82) is 0 Å². The van der Waals surface area contributed by atoms with E-state index in [2.05, 4.69) is 22.5 Å². The topological polar surface area (TPSA) is 72.8 Å². The maximum Gasteiger partial charge on any atom is 0.573 e. The lowest BCUT2D eigenvalue weighted by Gasteiger charge is -2.37. The van der Waals surface area contributed by atoms with Gasteiger partial charge >= 0.3 is 18.3 Å². The van der Waals surface area contributed by atoms with Crippen LogP contribution in [0.5, 0.6) is 5.75 Å². The molecule has 0 spiro atoms. The van der Waals surface area contributed by atoms with Gasteiger partial charge in [-0.15, -0.1) is 25.5 Å². The SMILES string of the molecule is C#CCC1(C(=O)O)CCC1.CCOC(=O)C1(CC#Cc2ccc(OC(F)(F)F)cc2)CCC1. The molecular formula is C25H27F3O5. The van der Waals surface area contributed by atoms with Crippen LogP contribution in [0.2, 0.25) is 0 Å². The van der Waals surface area contributed by atoms with Crippen LogP contribution in [-0.4, -0.2) is 30.0 Å². The van der Waals surface area contributed by atoms with E-state index in [1.54, 1.807) is 6.92 Å². The molecule has 1 aromatic carbocycles. The summed E-state index contributed by atoms with van der Waals surface area (Å²) in [6.07, 6.45) is 6.15. The summed E-state index contributed by atoms with van der Waals surface area (Å²) in [6.45, 7) is 2.11. The van der Waals surface area contributed by atoms with Gasteiger partial charge in [0.15, 0.2) is 0 Å². The zero-order valence-corrected chi connectivity index (χ0v) is 18.5. The first-order valence-electron chi connectivity index (χ1n) is 10.7. The number of hydrogen-bond donors (Lipinski definition) is 1. The lowest BCUT2D eigenvalue weighted by atomic mass is 9.67. The van der Waals surface area contributed by atoms with Crippen LogP contribution < -0.4 is 4.74 Å². The zero-order chi connectivity index (χ0) is 24.5. The monoisotopic (exact) mass is 464 g/mol. The standard InChI is InChI=1S/C17H17F3O3.C8H10O2/c1-2-22-15(21)16(11-4-12-16)10-3-5-13-6-8-14(9-7-13)23-17(18,19)20;1-2-4-8(7(9)10)5-3-6-8/h6-9H,2,4,10-12H2,1H3;1H,3-6H2,(H,9,10). The zero-order valence-electron chi connectivity index (χ0n) is 18.5. The van der Waals surface area contributed by atoms with E-state index in [0.29, 0.717) is 25.0 Å². The number of carbonyl (C=O) groups excluding carboxylic acids is 1. The summed E-state index contributed by atoms with van der Waals surface area (Å²) in [4.78, 5) is 22.6. The molecule has 0 saturated heterocycles. The molecule has 0 unspecified atom stereocenters. The molecule has 8 heteroatoms. The number of terminal acetylenes is 1. The fourth-order valence-corrected chi connectivity index (χ4v) is 3.66. The summed E-state index contributed by atoms with van der Waals surface area (Å²) in [5.41, 5.74) is -0.491. The van der Waals surface area contributed by atoms with Crippen molar-refractivity contribution in [3.05, 3.63) is 29.8 Å². The minimum absolute atomic E-state index is 0.213. The maximum atomic E-state index is 12.1. The van der Waals surface area contributed by atoms with E-state index >= 15 is 0 Å². The Morgan fingerprint density at radius 2 is 1.64 bits per heavy atom. The molecule has 0 atom stereocenters. The van der Waals surface area contributed by atoms with Gasteiger partial charge in [-0.1, -0.05) is 24.7 Å². The summed E-state index contributed by atoms with van der Waals surface area (Å²) in [7, 11) is 0. The average Bonchev–Trinajstić information content (AvgIpc) is 2.67. The van der Waals surface area contributed by atoms with Crippen molar-refractivity contribution in [2.45, 2.75) is 64.7 Å². The van der Waals surface area contributed by atoms with E-state index in [4.69, 9.17) is 16.3 Å². The molecule has 0 amide bonds. The largest absolute Gasteiger partial charge is 0.573 e. The molecule has 5 nitrogen and oxygen atoms in total. The fraction of sp³-hybridized carbons (Fsp3) is 0.520. The summed E-state index contributed by atoms with van der Waals surface area (Å²) >= 11 is 0. The van der Waals surface area contributed by atoms with Crippen molar-refractivity contribution in [3.63, 3.8) is 0 Å². The molecule has 2 saturated carbocycles. The minimum atomic E-state index is -4.70. The lowest BCUT2D eigenvalue weighted by molar-refractivity contribution is -0.274. The third kappa shape index (κ3) is 7.18. The van der Waals surface area contributed by atoms with Gasteiger partial charge in [0.1, 0.15) is 5.75 Å². The molecule has 33 heavy (non-hydrogen) atoms. The van der Waals surface area contributed by atoms with Crippen LogP contribution in [0.25, 0.3) is 0 Å². The number of benzene rings is 1. The van der Waals surface area contributed by atoms with E-state index in [9.17, 15) is 22.8 Å². The first-order chi connectivity index (χ1) is 15.6. The molecule has 0 heterocycles. The van der Waals surface area contributed by atoms with Crippen LogP contribution in [0.3, 0.4) is 0 Å². The quantitative estimate of drug-likeness (QED) is 0.455. The predicted molar refractivity (Wildman–Crippen MR) is 115 cm³/mol. The highest BCUT2D eigenvalue weighted by Gasteiger charge is 2.45. The fourth-order valence-electron chi connectivity index (χ4n) is 3.66. The number of esters is 1. The molecule has 1 aromatic rings. The van der Waals surface area contributed by atoms with Crippen molar-refractivity contribution < 1.29 is 37.3 Å². The normalized spacial score (nSPS) is 17.3. The number of halogens is 3. The smallest absolute Gasteiger partial charge is 0.481 e. The van der Waals surface area contributed by atoms with Gasteiger partial charge in [0.05, 0.1) is 17.4 Å². The Balaban J connectivity index is 0.000000321. The van der Waals surface area contributed by atoms with Gasteiger partial charge in [0.2, 0.25) is 0 Å². The Bertz CT molecular complexity index is 924. The molecule has 0 bridgehead atoms. The first-order valence-corrected chi connectivity index (χ1v) is 10.7. The second-order valence-corrected chi connectivity index (χ2v) is 8.23. The van der Waals surface area contributed by atoms with E-state index in [0.717, 1.165) is 38.5 Å². The lowest BCUT2D eigenvalue weighted by Crippen LogP contribution is -2.39. The number of alkyl halides is 3. The van der Waals surface area contributed by atoms with Crippen LogP contribution >= 0.6 is 0 Å². The number of rotatable bonds is 6. The average molecular weight is 464 g/mol. The number of carboxylic acids is 1. The van der Waals surface area contributed by atoms with Gasteiger partial charge in [-0.3, -0.25) is 9.59 Å². The predicted octanol–water partition coefficient (Wildman–Crippen LogP) is 5.32. The van der Waals surface area contributed by atoms with Crippen LogP contribution in [0.1, 0.15) is 63.9 Å². The van der Waals surface area contributed by atoms with Crippen LogP contribution in [0, 0.1) is 35.0 Å². The highest BCUT2D eigenvalue weighted by Crippen LogP contribution is 2.45. The maximum absolute atomic E-state index is 12.1. The summed E-state index contributed by atoms with van der Waals surface area (Å²) in [6, 6.07) is 5.32. The van der Waals surface area contributed by atoms with Crippen LogP contribution in [0.4, 0.5) is 13.2 Å². The molecule has 2 aliphatic rings. The van der Waals surface area contributed by atoms with Gasteiger partial charge in [-0.25, -0.2) is 0 Å². The molecule has 178 valence electrons. The van der Waals surface area contributed by atoms with Gasteiger partial charge in [-0.2, -0.15) is 0 Å². The van der Waals surface area contributed by atoms with E-state index in [1.165, 1.54) is 24.3 Å². The van der Waals surface area contributed by atoms with Crippen molar-refractivity contribution in [1.82, 2.24) is 0 Å². The number of carboxylic acid groups (broad SMARTS) is 1. The van der Waals surface area contributed by atoms with Gasteiger partial charge in [-0.05, 0) is 56.9 Å². The van der Waals surface area contributed by atoms with E-state index < -0.39 is 23.2 Å². The Kier molecular flexibility index (Phi) is 8.82. The van der Waals surface area contributed by atoms with Crippen LogP contribution in [0.15, 0.2) is 24.3 Å². The van der Waals surface area contributed by atoms with Crippen molar-refractivity contribution in [2.75, 3.05) is 6.61 Å². The summed E-state index contributed by atoms with van der Waals surface area (Å²) in [5, 5.41) is 8.72. The molecular weight excluding hydrogens is 437 g/mol. The number of hydrogen-bond acceptors (Lipinski definition) is 4. The Morgan fingerprint density at radius 1 is 1.06 bits per heavy atom. The van der Waals surface area contributed by atoms with Gasteiger partial charge in [0.25, 0.3) is 0 Å². The molecule has 0 aliphatic heterocycles. The summed E-state index contributed by atoms with van der Waals surface area (Å²) < 4.78 is 45.1. The number of carbonyl (C=O) groups is 2. The van der Waals surface area contributed by atoms with E-state index in [-0.39, 0.29) is 11.7 Å². The van der Waals surface area contributed by atoms with E-state index in [1.807, 2.05) is 0 Å². The number of aliphatic carboxylic acids is 1. The second-order valence-electron chi connectivity index (χ2n) is 8.23. The Labute approximate surface area is 191 Å². The molecule has 0 radical (unpaired) electrons.